The van der Waals surface area contributed by atoms with Crippen LogP contribution in [0.2, 0.25) is 0 Å². The van der Waals surface area contributed by atoms with Crippen molar-refractivity contribution in [3.63, 3.8) is 0 Å². The van der Waals surface area contributed by atoms with Crippen LogP contribution in [-0.4, -0.2) is 42.3 Å². The Kier molecular flexibility index (Phi) is 4.88. The van der Waals surface area contributed by atoms with Crippen LogP contribution in [0.5, 0.6) is 5.75 Å². The summed E-state index contributed by atoms with van der Waals surface area (Å²) in [7, 11) is 1.28. The maximum atomic E-state index is 11.7. The Labute approximate surface area is 126 Å². The molecular formula is C15H15NO6. The van der Waals surface area contributed by atoms with Gasteiger partial charge in [0.2, 0.25) is 11.8 Å². The average molecular weight is 305 g/mol. The van der Waals surface area contributed by atoms with Gasteiger partial charge in [-0.05, 0) is 24.3 Å². The second-order valence-corrected chi connectivity index (χ2v) is 4.68. The molecule has 22 heavy (non-hydrogen) atoms. The topological polar surface area (TPSA) is 90.0 Å². The maximum Gasteiger partial charge on any atom is 0.337 e. The highest BCUT2D eigenvalue weighted by molar-refractivity contribution is 6.02. The molecule has 0 radical (unpaired) electrons. The molecule has 0 spiro atoms. The summed E-state index contributed by atoms with van der Waals surface area (Å²) in [4.78, 5) is 46.8. The number of carbonyl (C=O) groups is 4. The first-order valence-electron chi connectivity index (χ1n) is 6.73. The van der Waals surface area contributed by atoms with Gasteiger partial charge in [-0.1, -0.05) is 0 Å². The Hall–Kier alpha value is -2.70. The van der Waals surface area contributed by atoms with Gasteiger partial charge in [0.05, 0.1) is 19.1 Å². The van der Waals surface area contributed by atoms with Gasteiger partial charge in [-0.2, -0.15) is 0 Å². The van der Waals surface area contributed by atoms with Crippen LogP contribution in [0.15, 0.2) is 24.3 Å². The van der Waals surface area contributed by atoms with Crippen LogP contribution in [0.3, 0.4) is 0 Å². The lowest BCUT2D eigenvalue weighted by molar-refractivity contribution is -0.140. The third kappa shape index (κ3) is 3.69. The zero-order valence-electron chi connectivity index (χ0n) is 12.0. The van der Waals surface area contributed by atoms with Crippen LogP contribution < -0.4 is 4.74 Å². The van der Waals surface area contributed by atoms with Gasteiger partial charge in [-0.25, -0.2) is 4.79 Å². The minimum absolute atomic E-state index is 0.0245. The summed E-state index contributed by atoms with van der Waals surface area (Å²) < 4.78 is 9.63. The third-order valence-corrected chi connectivity index (χ3v) is 3.20. The van der Waals surface area contributed by atoms with E-state index in [1.165, 1.54) is 31.4 Å². The van der Waals surface area contributed by atoms with Gasteiger partial charge in [-0.3, -0.25) is 19.3 Å². The lowest BCUT2D eigenvalue weighted by Crippen LogP contribution is -2.31. The fourth-order valence-corrected chi connectivity index (χ4v) is 2.03. The molecule has 1 aromatic carbocycles. The number of esters is 2. The number of likely N-dealkylation sites (tertiary alicyclic amines) is 1. The Bertz CT molecular complexity index is 591. The Balaban J connectivity index is 1.85. The van der Waals surface area contributed by atoms with E-state index in [1.807, 2.05) is 0 Å². The molecular weight excluding hydrogens is 290 g/mol. The molecule has 1 aliphatic rings. The van der Waals surface area contributed by atoms with Crippen LogP contribution in [0.25, 0.3) is 0 Å². The van der Waals surface area contributed by atoms with E-state index in [0.29, 0.717) is 5.56 Å². The van der Waals surface area contributed by atoms with Crippen LogP contribution in [0, 0.1) is 0 Å². The summed E-state index contributed by atoms with van der Waals surface area (Å²) in [5.41, 5.74) is 0.343. The van der Waals surface area contributed by atoms with Gasteiger partial charge in [0.15, 0.2) is 0 Å². The molecule has 2 rings (SSSR count). The number of amides is 2. The van der Waals surface area contributed by atoms with E-state index in [2.05, 4.69) is 4.74 Å². The number of methoxy groups -OCH3 is 1. The molecule has 116 valence electrons. The minimum atomic E-state index is -0.557. The number of hydrogen-bond donors (Lipinski definition) is 0. The highest BCUT2D eigenvalue weighted by Crippen LogP contribution is 2.15. The van der Waals surface area contributed by atoms with Crippen LogP contribution in [0.4, 0.5) is 0 Å². The number of rotatable bonds is 5. The van der Waals surface area contributed by atoms with Crippen LogP contribution in [-0.2, 0) is 19.1 Å². The third-order valence-electron chi connectivity index (χ3n) is 3.20. The maximum absolute atomic E-state index is 11.7. The molecule has 7 nitrogen and oxygen atoms in total. The monoisotopic (exact) mass is 305 g/mol. The Morgan fingerprint density at radius 1 is 1.09 bits per heavy atom. The molecule has 2 amide bonds. The fourth-order valence-electron chi connectivity index (χ4n) is 2.03. The van der Waals surface area contributed by atoms with Crippen molar-refractivity contribution in [3.8, 4) is 5.75 Å². The van der Waals surface area contributed by atoms with E-state index in [0.717, 1.165) is 4.90 Å². The average Bonchev–Trinajstić information content (AvgIpc) is 2.84. The van der Waals surface area contributed by atoms with E-state index in [4.69, 9.17) is 4.74 Å². The highest BCUT2D eigenvalue weighted by atomic mass is 16.5. The predicted molar refractivity (Wildman–Crippen MR) is 74.0 cm³/mol. The SMILES string of the molecule is COC(=O)c1ccc(OC(=O)CCN2C(=O)CCC2=O)cc1. The van der Waals surface area contributed by atoms with Gasteiger partial charge in [-0.15, -0.1) is 0 Å². The first kappa shape index (κ1) is 15.7. The van der Waals surface area contributed by atoms with Crippen LogP contribution >= 0.6 is 0 Å². The van der Waals surface area contributed by atoms with Gasteiger partial charge in [0.1, 0.15) is 5.75 Å². The Morgan fingerprint density at radius 3 is 2.23 bits per heavy atom. The number of hydrogen-bond acceptors (Lipinski definition) is 6. The zero-order chi connectivity index (χ0) is 16.1. The van der Waals surface area contributed by atoms with Gasteiger partial charge >= 0.3 is 11.9 Å². The lowest BCUT2D eigenvalue weighted by atomic mass is 10.2. The first-order chi connectivity index (χ1) is 10.5. The van der Waals surface area contributed by atoms with Crippen molar-refractivity contribution in [2.24, 2.45) is 0 Å². The molecule has 0 bridgehead atoms. The summed E-state index contributed by atoms with van der Waals surface area (Å²) in [6.45, 7) is 0.0245. The number of imide groups is 1. The fraction of sp³-hybridized carbons (Fsp3) is 0.333. The molecule has 1 aromatic rings. The van der Waals surface area contributed by atoms with Crippen molar-refractivity contribution in [3.05, 3.63) is 29.8 Å². The summed E-state index contributed by atoms with van der Waals surface area (Å²) in [5, 5.41) is 0. The largest absolute Gasteiger partial charge is 0.465 e. The van der Waals surface area contributed by atoms with Crippen molar-refractivity contribution >= 4 is 23.8 Å². The van der Waals surface area contributed by atoms with Crippen molar-refractivity contribution in [2.75, 3.05) is 13.7 Å². The van der Waals surface area contributed by atoms with Crippen LogP contribution in [0.1, 0.15) is 29.6 Å². The number of benzene rings is 1. The van der Waals surface area contributed by atoms with E-state index < -0.39 is 11.9 Å². The summed E-state index contributed by atoms with van der Waals surface area (Å²) >= 11 is 0. The second-order valence-electron chi connectivity index (χ2n) is 4.68. The van der Waals surface area contributed by atoms with Crippen molar-refractivity contribution in [2.45, 2.75) is 19.3 Å². The molecule has 0 unspecified atom stereocenters. The molecule has 1 aliphatic heterocycles. The number of ether oxygens (including phenoxy) is 2. The van der Waals surface area contributed by atoms with E-state index in [-0.39, 0.29) is 43.4 Å². The number of nitrogens with zero attached hydrogens (tertiary/aromatic N) is 1. The van der Waals surface area contributed by atoms with Gasteiger partial charge in [0, 0.05) is 19.4 Å². The number of carbonyl (C=O) groups excluding carboxylic acids is 4. The zero-order valence-corrected chi connectivity index (χ0v) is 12.0. The normalized spacial score (nSPS) is 14.1. The smallest absolute Gasteiger partial charge is 0.337 e. The molecule has 0 atom stereocenters. The van der Waals surface area contributed by atoms with E-state index in [1.54, 1.807) is 0 Å². The minimum Gasteiger partial charge on any atom is -0.465 e. The molecule has 0 aromatic heterocycles. The lowest BCUT2D eigenvalue weighted by Gasteiger charge is -2.12. The van der Waals surface area contributed by atoms with Crippen molar-refractivity contribution in [1.82, 2.24) is 4.90 Å². The Morgan fingerprint density at radius 2 is 1.68 bits per heavy atom. The molecule has 0 N–H and O–H groups in total. The summed E-state index contributed by atoms with van der Waals surface area (Å²) in [5.74, 6) is -1.29. The second kappa shape index (κ2) is 6.84. The first-order valence-corrected chi connectivity index (χ1v) is 6.73. The van der Waals surface area contributed by atoms with Crippen molar-refractivity contribution in [1.29, 1.82) is 0 Å². The van der Waals surface area contributed by atoms with Gasteiger partial charge in [0.25, 0.3) is 0 Å². The molecule has 1 heterocycles. The summed E-state index contributed by atoms with van der Waals surface area (Å²) in [6.07, 6.45) is 0.321. The molecule has 0 saturated carbocycles. The molecule has 1 fully saturated rings. The standard InChI is InChI=1S/C15H15NO6/c1-21-15(20)10-2-4-11(5-3-10)22-14(19)8-9-16-12(17)6-7-13(16)18/h2-5H,6-9H2,1H3. The van der Waals surface area contributed by atoms with E-state index >= 15 is 0 Å². The summed E-state index contributed by atoms with van der Waals surface area (Å²) in [6, 6.07) is 5.89. The highest BCUT2D eigenvalue weighted by Gasteiger charge is 2.29. The van der Waals surface area contributed by atoms with Gasteiger partial charge < -0.3 is 9.47 Å². The van der Waals surface area contributed by atoms with Crippen molar-refractivity contribution < 1.29 is 28.7 Å². The predicted octanol–water partition coefficient (Wildman–Crippen LogP) is 0.918. The van der Waals surface area contributed by atoms with E-state index in [9.17, 15) is 19.2 Å². The quantitative estimate of drug-likeness (QED) is 0.456. The molecule has 0 aliphatic carbocycles. The molecule has 7 heteroatoms. The molecule has 1 saturated heterocycles.